The second-order valence-corrected chi connectivity index (χ2v) is 5.06. The van der Waals surface area contributed by atoms with Crippen molar-refractivity contribution < 1.29 is 9.90 Å². The Labute approximate surface area is 110 Å². The second-order valence-electron chi connectivity index (χ2n) is 5.06. The zero-order valence-electron chi connectivity index (χ0n) is 11.6. The summed E-state index contributed by atoms with van der Waals surface area (Å²) in [5.41, 5.74) is 0. The minimum atomic E-state index is -0.191. The molecule has 18 heavy (non-hydrogen) atoms. The van der Waals surface area contributed by atoms with E-state index in [1.807, 2.05) is 26.1 Å². The third-order valence-electron chi connectivity index (χ3n) is 3.44. The number of nitrogens with zero attached hydrogens (tertiary/aromatic N) is 2. The Morgan fingerprint density at radius 2 is 2.17 bits per heavy atom. The van der Waals surface area contributed by atoms with Crippen LogP contribution >= 0.6 is 0 Å². The Kier molecular flexibility index (Phi) is 6.98. The molecule has 0 aromatic heterocycles. The number of likely N-dealkylation sites (N-methyl/N-ethyl adjacent to an activating group) is 1. The SMILES string of the molecule is C/C=C\CN(C)C(=O)CN1CCCCC(O)CC1. The van der Waals surface area contributed by atoms with E-state index in [0.717, 1.165) is 38.8 Å². The van der Waals surface area contributed by atoms with Crippen LogP contribution in [0.15, 0.2) is 12.2 Å². The first-order valence-electron chi connectivity index (χ1n) is 6.89. The lowest BCUT2D eigenvalue weighted by Crippen LogP contribution is -2.40. The van der Waals surface area contributed by atoms with Gasteiger partial charge in [0.25, 0.3) is 0 Å². The maximum absolute atomic E-state index is 12.0. The lowest BCUT2D eigenvalue weighted by molar-refractivity contribution is -0.130. The van der Waals surface area contributed by atoms with Crippen LogP contribution in [-0.2, 0) is 4.79 Å². The summed E-state index contributed by atoms with van der Waals surface area (Å²) in [5.74, 6) is 0.156. The fourth-order valence-corrected chi connectivity index (χ4v) is 2.14. The third-order valence-corrected chi connectivity index (χ3v) is 3.44. The van der Waals surface area contributed by atoms with E-state index < -0.39 is 0 Å². The van der Waals surface area contributed by atoms with Crippen molar-refractivity contribution in [2.45, 2.75) is 38.7 Å². The summed E-state index contributed by atoms with van der Waals surface area (Å²) in [6.45, 7) is 4.89. The quantitative estimate of drug-likeness (QED) is 0.768. The van der Waals surface area contributed by atoms with Gasteiger partial charge in [-0.2, -0.15) is 0 Å². The van der Waals surface area contributed by atoms with Gasteiger partial charge in [-0.25, -0.2) is 0 Å². The van der Waals surface area contributed by atoms with Crippen molar-refractivity contribution in [3.63, 3.8) is 0 Å². The van der Waals surface area contributed by atoms with Gasteiger partial charge in [-0.15, -0.1) is 0 Å². The molecule has 1 aliphatic heterocycles. The number of amides is 1. The van der Waals surface area contributed by atoms with Crippen molar-refractivity contribution in [3.8, 4) is 0 Å². The zero-order chi connectivity index (χ0) is 13.4. The summed E-state index contributed by atoms with van der Waals surface area (Å²) in [6.07, 6.45) is 7.56. The van der Waals surface area contributed by atoms with Crippen LogP contribution in [0.3, 0.4) is 0 Å². The van der Waals surface area contributed by atoms with Gasteiger partial charge in [0, 0.05) is 20.1 Å². The molecule has 1 unspecified atom stereocenters. The average Bonchev–Trinajstić information content (AvgIpc) is 2.34. The van der Waals surface area contributed by atoms with Gasteiger partial charge in [-0.05, 0) is 39.2 Å². The summed E-state index contributed by atoms with van der Waals surface area (Å²) in [5, 5.41) is 9.66. The Balaban J connectivity index is 2.36. The molecule has 104 valence electrons. The normalized spacial score (nSPS) is 22.7. The number of hydrogen-bond donors (Lipinski definition) is 1. The van der Waals surface area contributed by atoms with Crippen LogP contribution in [0.1, 0.15) is 32.6 Å². The lowest BCUT2D eigenvalue weighted by atomic mass is 10.1. The van der Waals surface area contributed by atoms with Gasteiger partial charge >= 0.3 is 0 Å². The lowest BCUT2D eigenvalue weighted by Gasteiger charge is -2.27. The van der Waals surface area contributed by atoms with Crippen molar-refractivity contribution in [2.75, 3.05) is 33.2 Å². The number of carbonyl (C=O) groups excluding carboxylic acids is 1. The molecular formula is C14H26N2O2. The van der Waals surface area contributed by atoms with E-state index >= 15 is 0 Å². The molecule has 0 spiro atoms. The highest BCUT2D eigenvalue weighted by Gasteiger charge is 2.17. The fraction of sp³-hybridized carbons (Fsp3) is 0.786. The molecule has 0 saturated carbocycles. The summed E-state index contributed by atoms with van der Waals surface area (Å²) < 4.78 is 0. The number of likely N-dealkylation sites (tertiary alicyclic amines) is 1. The highest BCUT2D eigenvalue weighted by atomic mass is 16.3. The molecule has 0 radical (unpaired) electrons. The number of aliphatic hydroxyl groups is 1. The number of rotatable bonds is 4. The van der Waals surface area contributed by atoms with Crippen molar-refractivity contribution >= 4 is 5.91 Å². The molecule has 0 aliphatic carbocycles. The molecule has 0 bridgehead atoms. The number of carbonyl (C=O) groups is 1. The molecular weight excluding hydrogens is 228 g/mol. The average molecular weight is 254 g/mol. The van der Waals surface area contributed by atoms with Crippen molar-refractivity contribution in [1.82, 2.24) is 9.80 Å². The van der Waals surface area contributed by atoms with Crippen LogP contribution in [-0.4, -0.2) is 60.1 Å². The van der Waals surface area contributed by atoms with E-state index in [-0.39, 0.29) is 12.0 Å². The van der Waals surface area contributed by atoms with Crippen LogP contribution in [0.4, 0.5) is 0 Å². The first kappa shape index (κ1) is 15.2. The number of aliphatic hydroxyl groups excluding tert-OH is 1. The van der Waals surface area contributed by atoms with Crippen molar-refractivity contribution in [2.24, 2.45) is 0 Å². The summed E-state index contributed by atoms with van der Waals surface area (Å²) in [7, 11) is 1.83. The minimum Gasteiger partial charge on any atom is -0.393 e. The molecule has 1 saturated heterocycles. The Morgan fingerprint density at radius 3 is 2.89 bits per heavy atom. The topological polar surface area (TPSA) is 43.8 Å². The van der Waals surface area contributed by atoms with Gasteiger partial charge < -0.3 is 10.0 Å². The first-order valence-corrected chi connectivity index (χ1v) is 6.89. The van der Waals surface area contributed by atoms with Crippen LogP contribution < -0.4 is 0 Å². The molecule has 4 nitrogen and oxygen atoms in total. The van der Waals surface area contributed by atoms with E-state index in [0.29, 0.717) is 13.1 Å². The van der Waals surface area contributed by atoms with E-state index in [1.165, 1.54) is 0 Å². The van der Waals surface area contributed by atoms with Gasteiger partial charge in [-0.1, -0.05) is 12.2 Å². The van der Waals surface area contributed by atoms with Crippen LogP contribution in [0.2, 0.25) is 0 Å². The Bertz CT molecular complexity index is 279. The van der Waals surface area contributed by atoms with E-state index in [9.17, 15) is 9.90 Å². The van der Waals surface area contributed by atoms with Gasteiger partial charge in [0.2, 0.25) is 5.91 Å². The molecule has 0 aromatic rings. The molecule has 1 fully saturated rings. The van der Waals surface area contributed by atoms with E-state index in [1.54, 1.807) is 4.90 Å². The van der Waals surface area contributed by atoms with Gasteiger partial charge in [0.1, 0.15) is 0 Å². The summed E-state index contributed by atoms with van der Waals surface area (Å²) >= 11 is 0. The number of hydrogen-bond acceptors (Lipinski definition) is 3. The molecule has 4 heteroatoms. The highest BCUT2D eigenvalue weighted by molar-refractivity contribution is 5.78. The van der Waals surface area contributed by atoms with Gasteiger partial charge in [0.15, 0.2) is 0 Å². The monoisotopic (exact) mass is 254 g/mol. The Morgan fingerprint density at radius 1 is 1.39 bits per heavy atom. The van der Waals surface area contributed by atoms with Crippen molar-refractivity contribution in [3.05, 3.63) is 12.2 Å². The maximum Gasteiger partial charge on any atom is 0.236 e. The molecule has 1 aliphatic rings. The predicted molar refractivity (Wildman–Crippen MR) is 73.4 cm³/mol. The van der Waals surface area contributed by atoms with Gasteiger partial charge in [-0.3, -0.25) is 9.69 Å². The Hall–Kier alpha value is -0.870. The highest BCUT2D eigenvalue weighted by Crippen LogP contribution is 2.11. The van der Waals surface area contributed by atoms with Gasteiger partial charge in [0.05, 0.1) is 12.6 Å². The standard InChI is InChI=1S/C14H26N2O2/c1-3-4-9-15(2)14(18)12-16-10-6-5-7-13(17)8-11-16/h3-4,13,17H,5-12H2,1-2H3/b4-3-. The van der Waals surface area contributed by atoms with Crippen molar-refractivity contribution in [1.29, 1.82) is 0 Å². The molecule has 1 N–H and O–H groups in total. The summed E-state index contributed by atoms with van der Waals surface area (Å²) in [4.78, 5) is 15.9. The fourth-order valence-electron chi connectivity index (χ4n) is 2.14. The minimum absolute atomic E-state index is 0.156. The molecule has 1 heterocycles. The summed E-state index contributed by atoms with van der Waals surface area (Å²) in [6, 6.07) is 0. The van der Waals surface area contributed by atoms with E-state index in [4.69, 9.17) is 0 Å². The van der Waals surface area contributed by atoms with E-state index in [2.05, 4.69) is 4.90 Å². The largest absolute Gasteiger partial charge is 0.393 e. The third kappa shape index (κ3) is 5.65. The van der Waals surface area contributed by atoms with Crippen LogP contribution in [0.5, 0.6) is 0 Å². The molecule has 0 aromatic carbocycles. The maximum atomic E-state index is 12.0. The molecule has 1 atom stereocenters. The molecule has 1 rings (SSSR count). The second kappa shape index (κ2) is 8.27. The zero-order valence-corrected chi connectivity index (χ0v) is 11.6. The number of allylic oxidation sites excluding steroid dienone is 1. The van der Waals surface area contributed by atoms with Crippen LogP contribution in [0, 0.1) is 0 Å². The first-order chi connectivity index (χ1) is 8.63. The molecule has 1 amide bonds. The predicted octanol–water partition coefficient (Wildman–Crippen LogP) is 1.26. The smallest absolute Gasteiger partial charge is 0.236 e. The van der Waals surface area contributed by atoms with Crippen LogP contribution in [0.25, 0.3) is 0 Å².